The maximum absolute atomic E-state index is 12.7. The van der Waals surface area contributed by atoms with Crippen molar-refractivity contribution in [3.63, 3.8) is 0 Å². The molecule has 1 heterocycles. The molecule has 1 amide bonds. The minimum Gasteiger partial charge on any atom is -0.451 e. The summed E-state index contributed by atoms with van der Waals surface area (Å²) in [5, 5.41) is 13.7. The normalized spacial score (nSPS) is 11.1. The number of nitrogens with zero attached hydrogens (tertiary/aromatic N) is 2. The first-order chi connectivity index (χ1) is 12.5. The Morgan fingerprint density at radius 1 is 1.33 bits per heavy atom. The van der Waals surface area contributed by atoms with Crippen LogP contribution in [-0.2, 0) is 15.7 Å². The molecule has 0 saturated heterocycles. The van der Waals surface area contributed by atoms with E-state index in [-0.39, 0.29) is 4.88 Å². The summed E-state index contributed by atoms with van der Waals surface area (Å²) in [6.45, 7) is 2.50. The van der Waals surface area contributed by atoms with E-state index in [0.717, 1.165) is 17.4 Å². The highest BCUT2D eigenvalue weighted by Crippen LogP contribution is 2.34. The Hall–Kier alpha value is -3.02. The van der Waals surface area contributed by atoms with E-state index in [1.54, 1.807) is 13.8 Å². The van der Waals surface area contributed by atoms with E-state index in [0.29, 0.717) is 22.8 Å². The Bertz CT molecular complexity index is 911. The number of nitro groups is 1. The molecule has 0 spiro atoms. The van der Waals surface area contributed by atoms with E-state index in [9.17, 15) is 32.9 Å². The zero-order valence-corrected chi connectivity index (χ0v) is 14.7. The van der Waals surface area contributed by atoms with Gasteiger partial charge < -0.3 is 10.1 Å². The number of esters is 1. The molecule has 144 valence electrons. The van der Waals surface area contributed by atoms with Gasteiger partial charge in [-0.05, 0) is 26.0 Å². The number of alkyl halides is 3. The van der Waals surface area contributed by atoms with Gasteiger partial charge in [-0.15, -0.1) is 11.3 Å². The Kier molecular flexibility index (Phi) is 5.78. The molecule has 1 aromatic carbocycles. The van der Waals surface area contributed by atoms with Crippen LogP contribution in [0.1, 0.15) is 25.9 Å². The number of halogens is 3. The molecule has 0 radical (unpaired) electrons. The number of carbonyl (C=O) groups excluding carboxylic acids is 2. The van der Waals surface area contributed by atoms with Gasteiger partial charge in [0.2, 0.25) is 0 Å². The molecular formula is C15H12F3N3O5S. The molecule has 27 heavy (non-hydrogen) atoms. The van der Waals surface area contributed by atoms with Crippen molar-refractivity contribution in [3.05, 3.63) is 49.5 Å². The van der Waals surface area contributed by atoms with Gasteiger partial charge in [0.1, 0.15) is 10.6 Å². The van der Waals surface area contributed by atoms with Crippen LogP contribution in [-0.4, -0.2) is 28.4 Å². The van der Waals surface area contributed by atoms with Crippen LogP contribution < -0.4 is 5.32 Å². The lowest BCUT2D eigenvalue weighted by Crippen LogP contribution is -2.21. The molecule has 0 atom stereocenters. The molecule has 0 fully saturated rings. The number of aryl methyl sites for hydroxylation is 2. The third-order valence-corrected chi connectivity index (χ3v) is 4.27. The molecule has 1 aromatic heterocycles. The number of hydrogen-bond acceptors (Lipinski definition) is 7. The van der Waals surface area contributed by atoms with Gasteiger partial charge in [-0.3, -0.25) is 14.9 Å². The lowest BCUT2D eigenvalue weighted by atomic mass is 10.1. The third kappa shape index (κ3) is 5.00. The standard InChI is InChI=1S/C15H12F3N3O5S/c1-7-13(27-8(2)19-7)14(23)26-6-12(22)20-10-4-3-9(15(16,17)18)5-11(10)21(24)25/h3-5H,6H2,1-2H3,(H,20,22). The topological polar surface area (TPSA) is 111 Å². The van der Waals surface area contributed by atoms with Crippen molar-refractivity contribution in [1.29, 1.82) is 0 Å². The summed E-state index contributed by atoms with van der Waals surface area (Å²) in [5.41, 5.74) is -2.17. The number of nitrogens with one attached hydrogen (secondary N) is 1. The van der Waals surface area contributed by atoms with Crippen LogP contribution in [0.25, 0.3) is 0 Å². The first-order valence-electron chi connectivity index (χ1n) is 7.25. The van der Waals surface area contributed by atoms with Crippen LogP contribution in [0.2, 0.25) is 0 Å². The van der Waals surface area contributed by atoms with E-state index >= 15 is 0 Å². The van der Waals surface area contributed by atoms with Crippen molar-refractivity contribution in [1.82, 2.24) is 4.98 Å². The van der Waals surface area contributed by atoms with Crippen LogP contribution in [0.5, 0.6) is 0 Å². The minimum atomic E-state index is -4.77. The summed E-state index contributed by atoms with van der Waals surface area (Å²) in [5.74, 6) is -1.74. The largest absolute Gasteiger partial charge is 0.451 e. The predicted octanol–water partition coefficient (Wildman–Crippen LogP) is 3.48. The van der Waals surface area contributed by atoms with Gasteiger partial charge in [0.25, 0.3) is 11.6 Å². The van der Waals surface area contributed by atoms with Gasteiger partial charge >= 0.3 is 12.1 Å². The predicted molar refractivity (Wildman–Crippen MR) is 88.6 cm³/mol. The number of aromatic nitrogens is 1. The van der Waals surface area contributed by atoms with E-state index in [1.165, 1.54) is 0 Å². The van der Waals surface area contributed by atoms with Crippen molar-refractivity contribution >= 4 is 34.6 Å². The zero-order chi connectivity index (χ0) is 20.4. The highest BCUT2D eigenvalue weighted by molar-refractivity contribution is 7.13. The Morgan fingerprint density at radius 2 is 2.00 bits per heavy atom. The first-order valence-corrected chi connectivity index (χ1v) is 8.07. The molecular weight excluding hydrogens is 391 g/mol. The molecule has 0 saturated carbocycles. The van der Waals surface area contributed by atoms with Crippen molar-refractivity contribution in [3.8, 4) is 0 Å². The van der Waals surface area contributed by atoms with E-state index in [4.69, 9.17) is 4.74 Å². The van der Waals surface area contributed by atoms with Gasteiger partial charge in [0, 0.05) is 6.07 Å². The van der Waals surface area contributed by atoms with Crippen LogP contribution >= 0.6 is 11.3 Å². The lowest BCUT2D eigenvalue weighted by Gasteiger charge is -2.10. The fourth-order valence-electron chi connectivity index (χ4n) is 2.07. The number of amides is 1. The summed E-state index contributed by atoms with van der Waals surface area (Å²) < 4.78 is 42.8. The third-order valence-electron chi connectivity index (χ3n) is 3.22. The molecule has 0 aliphatic rings. The molecule has 2 aromatic rings. The van der Waals surface area contributed by atoms with E-state index in [2.05, 4.69) is 10.3 Å². The number of thiazole rings is 1. The minimum absolute atomic E-state index is 0.209. The van der Waals surface area contributed by atoms with Crippen molar-refractivity contribution in [2.75, 3.05) is 11.9 Å². The second kappa shape index (κ2) is 7.70. The molecule has 2 rings (SSSR count). The van der Waals surface area contributed by atoms with Crippen LogP contribution in [0.3, 0.4) is 0 Å². The maximum Gasteiger partial charge on any atom is 0.416 e. The van der Waals surface area contributed by atoms with Crippen LogP contribution in [0, 0.1) is 24.0 Å². The summed E-state index contributed by atoms with van der Waals surface area (Å²) in [7, 11) is 0. The number of carbonyl (C=O) groups is 2. The molecule has 8 nitrogen and oxygen atoms in total. The number of ether oxygens (including phenoxy) is 1. The Balaban J connectivity index is 2.08. The van der Waals surface area contributed by atoms with E-state index in [1.807, 2.05) is 0 Å². The Labute approximate surface area is 154 Å². The van der Waals surface area contributed by atoms with Gasteiger partial charge in [-0.1, -0.05) is 0 Å². The quantitative estimate of drug-likeness (QED) is 0.465. The fraction of sp³-hybridized carbons (Fsp3) is 0.267. The molecule has 12 heteroatoms. The van der Waals surface area contributed by atoms with Crippen LogP contribution in [0.4, 0.5) is 24.5 Å². The van der Waals surface area contributed by atoms with Gasteiger partial charge in [0.15, 0.2) is 6.61 Å². The number of benzene rings is 1. The average Bonchev–Trinajstić information content (AvgIpc) is 2.90. The summed E-state index contributed by atoms with van der Waals surface area (Å²) in [6, 6.07) is 1.67. The van der Waals surface area contributed by atoms with Crippen molar-refractivity contribution in [2.45, 2.75) is 20.0 Å². The maximum atomic E-state index is 12.7. The SMILES string of the molecule is Cc1nc(C)c(C(=O)OCC(=O)Nc2ccc(C(F)(F)F)cc2[N+](=O)[O-])s1. The van der Waals surface area contributed by atoms with Gasteiger partial charge in [-0.2, -0.15) is 13.2 Å². The van der Waals surface area contributed by atoms with E-state index < -0.39 is 46.5 Å². The van der Waals surface area contributed by atoms with Crippen molar-refractivity contribution in [2.24, 2.45) is 0 Å². The number of nitro benzene ring substituents is 1. The highest BCUT2D eigenvalue weighted by Gasteiger charge is 2.33. The average molecular weight is 403 g/mol. The smallest absolute Gasteiger partial charge is 0.416 e. The first kappa shape index (κ1) is 20.3. The second-order valence-electron chi connectivity index (χ2n) is 5.26. The fourth-order valence-corrected chi connectivity index (χ4v) is 2.88. The zero-order valence-electron chi connectivity index (χ0n) is 13.9. The molecule has 1 N–H and O–H groups in total. The highest BCUT2D eigenvalue weighted by atomic mass is 32.1. The number of hydrogen-bond donors (Lipinski definition) is 1. The monoisotopic (exact) mass is 403 g/mol. The molecule has 0 unspecified atom stereocenters. The van der Waals surface area contributed by atoms with Crippen LogP contribution in [0.15, 0.2) is 18.2 Å². The Morgan fingerprint density at radius 3 is 2.52 bits per heavy atom. The molecule has 0 aliphatic carbocycles. The second-order valence-corrected chi connectivity index (χ2v) is 6.46. The van der Waals surface area contributed by atoms with Gasteiger partial charge in [0.05, 0.1) is 21.2 Å². The summed E-state index contributed by atoms with van der Waals surface area (Å²) in [4.78, 5) is 37.9. The summed E-state index contributed by atoms with van der Waals surface area (Å²) >= 11 is 1.08. The number of rotatable bonds is 5. The summed E-state index contributed by atoms with van der Waals surface area (Å²) in [6.07, 6.45) is -4.77. The lowest BCUT2D eigenvalue weighted by molar-refractivity contribution is -0.384. The molecule has 0 bridgehead atoms. The molecule has 0 aliphatic heterocycles. The number of anilines is 1. The van der Waals surface area contributed by atoms with Gasteiger partial charge in [-0.25, -0.2) is 9.78 Å². The van der Waals surface area contributed by atoms with Crippen molar-refractivity contribution < 1.29 is 32.4 Å².